The van der Waals surface area contributed by atoms with Gasteiger partial charge >= 0.3 is 0 Å². The van der Waals surface area contributed by atoms with E-state index in [1.807, 2.05) is 17.9 Å². The number of aromatic nitrogens is 1. The van der Waals surface area contributed by atoms with E-state index < -0.39 is 0 Å². The van der Waals surface area contributed by atoms with Crippen molar-refractivity contribution in [2.75, 3.05) is 19.6 Å². The second-order valence-electron chi connectivity index (χ2n) is 6.61. The van der Waals surface area contributed by atoms with Crippen molar-refractivity contribution >= 4 is 5.91 Å². The normalized spacial score (nSPS) is 17.6. The molecule has 0 bridgehead atoms. The van der Waals surface area contributed by atoms with Gasteiger partial charge in [-0.25, -0.2) is 0 Å². The lowest BCUT2D eigenvalue weighted by Gasteiger charge is -2.28. The van der Waals surface area contributed by atoms with Gasteiger partial charge in [-0.3, -0.25) is 9.69 Å². The molecule has 2 heterocycles. The maximum Gasteiger partial charge on any atom is 0.259 e. The van der Waals surface area contributed by atoms with Crippen LogP contribution in [0.25, 0.3) is 0 Å². The Kier molecular flexibility index (Phi) is 5.34. The van der Waals surface area contributed by atoms with Crippen molar-refractivity contribution in [2.24, 2.45) is 0 Å². The SMILES string of the molecule is C=CCN(C(=O)c1c(C)noc1C)[C@H]1CCN(Cc2ccccc2)C1. The minimum atomic E-state index is -0.0114. The van der Waals surface area contributed by atoms with Crippen LogP contribution in [0.2, 0.25) is 0 Å². The first kappa shape index (κ1) is 17.4. The zero-order valence-corrected chi connectivity index (χ0v) is 14.9. The molecule has 1 aromatic carbocycles. The first-order valence-electron chi connectivity index (χ1n) is 8.71. The summed E-state index contributed by atoms with van der Waals surface area (Å²) in [6, 6.07) is 10.6. The van der Waals surface area contributed by atoms with E-state index >= 15 is 0 Å². The number of nitrogens with zero attached hydrogens (tertiary/aromatic N) is 3. The summed E-state index contributed by atoms with van der Waals surface area (Å²) in [5, 5.41) is 3.92. The third kappa shape index (κ3) is 3.82. The van der Waals surface area contributed by atoms with E-state index in [1.54, 1.807) is 13.0 Å². The predicted molar refractivity (Wildman–Crippen MR) is 97.3 cm³/mol. The Labute approximate surface area is 148 Å². The summed E-state index contributed by atoms with van der Waals surface area (Å²) in [6.45, 7) is 10.7. The van der Waals surface area contributed by atoms with E-state index in [0.717, 1.165) is 26.1 Å². The minimum absolute atomic E-state index is 0.0114. The molecule has 1 amide bonds. The number of likely N-dealkylation sites (tertiary alicyclic amines) is 1. The van der Waals surface area contributed by atoms with Crippen molar-refractivity contribution in [1.82, 2.24) is 15.0 Å². The monoisotopic (exact) mass is 339 g/mol. The van der Waals surface area contributed by atoms with Gasteiger partial charge in [0, 0.05) is 32.2 Å². The second kappa shape index (κ2) is 7.66. The number of aryl methyl sites for hydroxylation is 2. The van der Waals surface area contributed by atoms with Gasteiger partial charge in [0.15, 0.2) is 0 Å². The number of hydrogen-bond donors (Lipinski definition) is 0. The molecule has 0 N–H and O–H groups in total. The molecular formula is C20H25N3O2. The highest BCUT2D eigenvalue weighted by atomic mass is 16.5. The summed E-state index contributed by atoms with van der Waals surface area (Å²) in [7, 11) is 0. The standard InChI is InChI=1S/C20H25N3O2/c1-4-11-23(20(24)19-15(2)21-25-16(19)3)18-10-12-22(14-18)13-17-8-6-5-7-9-17/h4-9,18H,1,10-14H2,2-3H3/t18-/m0/s1. The minimum Gasteiger partial charge on any atom is -0.361 e. The molecule has 0 saturated carbocycles. The van der Waals surface area contributed by atoms with Crippen LogP contribution < -0.4 is 0 Å². The molecule has 132 valence electrons. The summed E-state index contributed by atoms with van der Waals surface area (Å²) in [5.74, 6) is 0.568. The predicted octanol–water partition coefficient (Wildman–Crippen LogP) is 3.19. The Morgan fingerprint density at radius 3 is 2.80 bits per heavy atom. The summed E-state index contributed by atoms with van der Waals surface area (Å²) in [5.41, 5.74) is 2.54. The molecule has 1 atom stereocenters. The smallest absolute Gasteiger partial charge is 0.259 e. The molecule has 1 saturated heterocycles. The highest BCUT2D eigenvalue weighted by molar-refractivity contribution is 5.96. The highest BCUT2D eigenvalue weighted by Crippen LogP contribution is 2.22. The molecule has 5 nitrogen and oxygen atoms in total. The molecule has 1 aliphatic heterocycles. The fourth-order valence-corrected chi connectivity index (χ4v) is 3.52. The van der Waals surface area contributed by atoms with Crippen LogP contribution in [0.15, 0.2) is 47.5 Å². The molecule has 0 aliphatic carbocycles. The van der Waals surface area contributed by atoms with Crippen molar-refractivity contribution in [1.29, 1.82) is 0 Å². The van der Waals surface area contributed by atoms with Crippen LogP contribution in [-0.2, 0) is 6.54 Å². The van der Waals surface area contributed by atoms with Crippen LogP contribution in [0.5, 0.6) is 0 Å². The zero-order chi connectivity index (χ0) is 17.8. The average Bonchev–Trinajstić information content (AvgIpc) is 3.19. The van der Waals surface area contributed by atoms with Gasteiger partial charge in [-0.15, -0.1) is 6.58 Å². The van der Waals surface area contributed by atoms with Crippen molar-refractivity contribution in [2.45, 2.75) is 32.9 Å². The first-order chi connectivity index (χ1) is 12.1. The third-order valence-electron chi connectivity index (χ3n) is 4.77. The summed E-state index contributed by atoms with van der Waals surface area (Å²) in [4.78, 5) is 17.4. The quantitative estimate of drug-likeness (QED) is 0.759. The molecule has 1 aromatic heterocycles. The van der Waals surface area contributed by atoms with Gasteiger partial charge in [0.2, 0.25) is 0 Å². The van der Waals surface area contributed by atoms with E-state index in [2.05, 4.69) is 40.9 Å². The Balaban J connectivity index is 1.71. The fraction of sp³-hybridized carbons (Fsp3) is 0.400. The topological polar surface area (TPSA) is 49.6 Å². The Bertz CT molecular complexity index is 719. The molecule has 0 radical (unpaired) electrons. The van der Waals surface area contributed by atoms with Crippen molar-refractivity contribution in [3.8, 4) is 0 Å². The van der Waals surface area contributed by atoms with Gasteiger partial charge in [0.05, 0.1) is 5.69 Å². The lowest BCUT2D eigenvalue weighted by Crippen LogP contribution is -2.42. The molecule has 1 fully saturated rings. The lowest BCUT2D eigenvalue weighted by molar-refractivity contribution is 0.0704. The number of carbonyl (C=O) groups is 1. The van der Waals surface area contributed by atoms with Gasteiger partial charge < -0.3 is 9.42 Å². The maximum atomic E-state index is 13.0. The Morgan fingerprint density at radius 1 is 1.40 bits per heavy atom. The third-order valence-corrected chi connectivity index (χ3v) is 4.77. The van der Waals surface area contributed by atoms with Gasteiger partial charge in [-0.2, -0.15) is 0 Å². The maximum absolute atomic E-state index is 13.0. The molecule has 2 aromatic rings. The molecular weight excluding hydrogens is 314 g/mol. The van der Waals surface area contributed by atoms with Crippen molar-refractivity contribution in [3.63, 3.8) is 0 Å². The summed E-state index contributed by atoms with van der Waals surface area (Å²) < 4.78 is 5.17. The Hall–Kier alpha value is -2.40. The van der Waals surface area contributed by atoms with Crippen molar-refractivity contribution in [3.05, 3.63) is 65.6 Å². The molecule has 0 spiro atoms. The van der Waals surface area contributed by atoms with Gasteiger partial charge in [-0.1, -0.05) is 41.6 Å². The number of amides is 1. The van der Waals surface area contributed by atoms with Crippen molar-refractivity contribution < 1.29 is 9.32 Å². The number of benzene rings is 1. The van der Waals surface area contributed by atoms with E-state index in [4.69, 9.17) is 4.52 Å². The Morgan fingerprint density at radius 2 is 2.16 bits per heavy atom. The zero-order valence-electron chi connectivity index (χ0n) is 14.9. The van der Waals surface area contributed by atoms with Crippen LogP contribution in [-0.4, -0.2) is 46.5 Å². The van der Waals surface area contributed by atoms with Crippen LogP contribution >= 0.6 is 0 Å². The van der Waals surface area contributed by atoms with E-state index in [-0.39, 0.29) is 11.9 Å². The molecule has 25 heavy (non-hydrogen) atoms. The van der Waals surface area contributed by atoms with Gasteiger partial charge in [-0.05, 0) is 25.8 Å². The fourth-order valence-electron chi connectivity index (χ4n) is 3.52. The van der Waals surface area contributed by atoms with Crippen LogP contribution in [0, 0.1) is 13.8 Å². The number of carbonyl (C=O) groups excluding carboxylic acids is 1. The van der Waals surface area contributed by atoms with Gasteiger partial charge in [0.1, 0.15) is 11.3 Å². The summed E-state index contributed by atoms with van der Waals surface area (Å²) >= 11 is 0. The molecule has 5 heteroatoms. The highest BCUT2D eigenvalue weighted by Gasteiger charge is 2.32. The molecule has 1 aliphatic rings. The van der Waals surface area contributed by atoms with Crippen LogP contribution in [0.3, 0.4) is 0 Å². The second-order valence-corrected chi connectivity index (χ2v) is 6.61. The summed E-state index contributed by atoms with van der Waals surface area (Å²) in [6.07, 6.45) is 2.76. The van der Waals surface area contributed by atoms with E-state index in [0.29, 0.717) is 23.6 Å². The largest absolute Gasteiger partial charge is 0.361 e. The van der Waals surface area contributed by atoms with E-state index in [9.17, 15) is 4.79 Å². The van der Waals surface area contributed by atoms with E-state index in [1.165, 1.54) is 5.56 Å². The first-order valence-corrected chi connectivity index (χ1v) is 8.71. The average molecular weight is 339 g/mol. The van der Waals surface area contributed by atoms with Gasteiger partial charge in [0.25, 0.3) is 5.91 Å². The molecule has 0 unspecified atom stereocenters. The molecule has 3 rings (SSSR count). The van der Waals surface area contributed by atoms with Crippen LogP contribution in [0.1, 0.15) is 33.8 Å². The van der Waals surface area contributed by atoms with Crippen LogP contribution in [0.4, 0.5) is 0 Å². The lowest BCUT2D eigenvalue weighted by atomic mass is 10.1. The number of rotatable bonds is 6. The number of hydrogen-bond acceptors (Lipinski definition) is 4.